The van der Waals surface area contributed by atoms with Gasteiger partial charge in [-0.1, -0.05) is 45.2 Å². The number of aryl methyl sites for hydroxylation is 1. The Morgan fingerprint density at radius 3 is 2.42 bits per heavy atom. The van der Waals surface area contributed by atoms with Crippen molar-refractivity contribution >= 4 is 26.7 Å². The molecule has 184 valence electrons. The van der Waals surface area contributed by atoms with Gasteiger partial charge in [-0.25, -0.2) is 13.2 Å². The first-order valence-corrected chi connectivity index (χ1v) is 13.7. The number of unbranched alkanes of at least 4 members (excludes halogenated alkanes) is 2. The van der Waals surface area contributed by atoms with Crippen LogP contribution in [0.3, 0.4) is 0 Å². The lowest BCUT2D eigenvalue weighted by atomic mass is 10.0. The maximum absolute atomic E-state index is 13.6. The van der Waals surface area contributed by atoms with Crippen LogP contribution in [-0.2, 0) is 14.6 Å². The van der Waals surface area contributed by atoms with Crippen molar-refractivity contribution in [3.63, 3.8) is 0 Å². The molecule has 0 saturated carbocycles. The average molecular weight is 477 g/mol. The number of benzene rings is 1. The molecule has 1 atom stereocenters. The van der Waals surface area contributed by atoms with Crippen molar-refractivity contribution in [1.82, 2.24) is 9.88 Å². The molecule has 1 aromatic heterocycles. The summed E-state index contributed by atoms with van der Waals surface area (Å²) in [4.78, 5) is 19.2. The van der Waals surface area contributed by atoms with E-state index in [1.165, 1.54) is 0 Å². The fraction of sp³-hybridized carbons (Fsp3) is 0.615. The van der Waals surface area contributed by atoms with E-state index in [0.29, 0.717) is 23.4 Å². The van der Waals surface area contributed by atoms with Gasteiger partial charge in [0.05, 0.1) is 10.6 Å². The monoisotopic (exact) mass is 476 g/mol. The fourth-order valence-corrected chi connectivity index (χ4v) is 5.83. The van der Waals surface area contributed by atoms with Gasteiger partial charge in [0.25, 0.3) is 0 Å². The van der Waals surface area contributed by atoms with Crippen molar-refractivity contribution < 1.29 is 17.9 Å². The van der Waals surface area contributed by atoms with Crippen molar-refractivity contribution in [2.75, 3.05) is 18.8 Å². The van der Waals surface area contributed by atoms with Crippen LogP contribution in [0.25, 0.3) is 10.8 Å². The number of sulfone groups is 1. The van der Waals surface area contributed by atoms with E-state index in [9.17, 15) is 13.2 Å². The van der Waals surface area contributed by atoms with Crippen LogP contribution in [-0.4, -0.2) is 48.8 Å². The topological polar surface area (TPSA) is 76.6 Å². The number of carbonyl (C=O) groups is 1. The van der Waals surface area contributed by atoms with Gasteiger partial charge in [0.15, 0.2) is 9.84 Å². The third-order valence-corrected chi connectivity index (χ3v) is 7.57. The number of rotatable bonds is 11. The summed E-state index contributed by atoms with van der Waals surface area (Å²) in [7, 11) is -3.57. The lowest BCUT2D eigenvalue weighted by Crippen LogP contribution is -2.41. The van der Waals surface area contributed by atoms with Crippen molar-refractivity contribution in [2.24, 2.45) is 5.92 Å². The van der Waals surface area contributed by atoms with Gasteiger partial charge in [-0.2, -0.15) is 0 Å². The number of nitrogens with zero attached hydrogens (tertiary/aromatic N) is 2. The molecule has 1 unspecified atom stereocenters. The van der Waals surface area contributed by atoms with E-state index >= 15 is 0 Å². The highest BCUT2D eigenvalue weighted by atomic mass is 32.2. The molecule has 0 radical (unpaired) electrons. The summed E-state index contributed by atoms with van der Waals surface area (Å²) >= 11 is 0. The number of hydrogen-bond donors (Lipinski definition) is 0. The molecule has 0 aliphatic heterocycles. The SMILES string of the molecule is CCCCC(CN(CCCC)C(=O)OC(C)(C)C)CS(=O)(=O)c1cccc2c(C)nccc12. The molecular weight excluding hydrogens is 436 g/mol. The van der Waals surface area contributed by atoms with E-state index in [0.717, 1.165) is 43.2 Å². The number of aromatic nitrogens is 1. The number of fused-ring (bicyclic) bond motifs is 1. The number of carbonyl (C=O) groups excluding carboxylic acids is 1. The van der Waals surface area contributed by atoms with Crippen LogP contribution >= 0.6 is 0 Å². The molecule has 0 fully saturated rings. The molecule has 2 aromatic rings. The molecule has 2 rings (SSSR count). The molecule has 0 saturated heterocycles. The summed E-state index contributed by atoms with van der Waals surface area (Å²) < 4.78 is 32.8. The first-order chi connectivity index (χ1) is 15.5. The Kier molecular flexibility index (Phi) is 9.70. The molecule has 0 aliphatic carbocycles. The van der Waals surface area contributed by atoms with E-state index in [1.807, 2.05) is 33.8 Å². The molecule has 6 nitrogen and oxygen atoms in total. The zero-order valence-corrected chi connectivity index (χ0v) is 21.9. The molecule has 0 bridgehead atoms. The van der Waals surface area contributed by atoms with E-state index in [2.05, 4.69) is 18.8 Å². The Hall–Kier alpha value is -2.15. The molecule has 0 spiro atoms. The van der Waals surface area contributed by atoms with Crippen LogP contribution in [0.4, 0.5) is 4.79 Å². The maximum atomic E-state index is 13.6. The molecule has 0 aliphatic rings. The van der Waals surface area contributed by atoms with Gasteiger partial charge in [-0.3, -0.25) is 4.98 Å². The van der Waals surface area contributed by atoms with Crippen LogP contribution < -0.4 is 0 Å². The van der Waals surface area contributed by atoms with E-state index in [4.69, 9.17) is 4.74 Å². The molecule has 33 heavy (non-hydrogen) atoms. The molecule has 1 aromatic carbocycles. The molecule has 1 amide bonds. The molecule has 0 N–H and O–H groups in total. The largest absolute Gasteiger partial charge is 0.444 e. The third kappa shape index (κ3) is 7.98. The number of amides is 1. The lowest BCUT2D eigenvalue weighted by Gasteiger charge is -2.30. The average Bonchev–Trinajstić information content (AvgIpc) is 2.73. The Morgan fingerprint density at radius 2 is 1.79 bits per heavy atom. The normalized spacial score (nSPS) is 13.2. The summed E-state index contributed by atoms with van der Waals surface area (Å²) in [6.45, 7) is 12.5. The van der Waals surface area contributed by atoms with Crippen LogP contribution in [0.2, 0.25) is 0 Å². The second-order valence-electron chi connectivity index (χ2n) is 9.82. The van der Waals surface area contributed by atoms with Crippen molar-refractivity contribution in [3.05, 3.63) is 36.2 Å². The second kappa shape index (κ2) is 11.8. The van der Waals surface area contributed by atoms with Crippen molar-refractivity contribution in [3.8, 4) is 0 Å². The van der Waals surface area contributed by atoms with Gasteiger partial charge < -0.3 is 9.64 Å². The van der Waals surface area contributed by atoms with Crippen LogP contribution in [0, 0.1) is 12.8 Å². The van der Waals surface area contributed by atoms with Crippen LogP contribution in [0.1, 0.15) is 72.4 Å². The fourth-order valence-electron chi connectivity index (χ4n) is 3.96. The molecule has 7 heteroatoms. The van der Waals surface area contributed by atoms with Gasteiger partial charge in [0.1, 0.15) is 5.60 Å². The predicted molar refractivity (Wildman–Crippen MR) is 134 cm³/mol. The highest BCUT2D eigenvalue weighted by Crippen LogP contribution is 2.27. The van der Waals surface area contributed by atoms with E-state index in [1.54, 1.807) is 29.3 Å². The van der Waals surface area contributed by atoms with Crippen LogP contribution in [0.15, 0.2) is 35.4 Å². The zero-order valence-electron chi connectivity index (χ0n) is 21.1. The van der Waals surface area contributed by atoms with E-state index < -0.39 is 15.4 Å². The summed E-state index contributed by atoms with van der Waals surface area (Å²) in [6, 6.07) is 7.13. The van der Waals surface area contributed by atoms with Gasteiger partial charge in [-0.15, -0.1) is 0 Å². The smallest absolute Gasteiger partial charge is 0.410 e. The zero-order chi connectivity index (χ0) is 24.6. The Balaban J connectivity index is 2.33. The molecule has 1 heterocycles. The van der Waals surface area contributed by atoms with Gasteiger partial charge in [-0.05, 0) is 58.6 Å². The van der Waals surface area contributed by atoms with Gasteiger partial charge >= 0.3 is 6.09 Å². The number of ether oxygens (including phenoxy) is 1. The minimum Gasteiger partial charge on any atom is -0.444 e. The summed E-state index contributed by atoms with van der Waals surface area (Å²) in [5, 5.41) is 1.55. The summed E-state index contributed by atoms with van der Waals surface area (Å²) in [5.74, 6) is -0.170. The Labute approximate surface area is 199 Å². The first kappa shape index (κ1) is 27.1. The standard InChI is InChI=1S/C26H40N2O4S/c1-7-9-12-21(18-28(17-10-8-2)25(29)32-26(4,5)6)19-33(30,31)24-14-11-13-22-20(3)27-16-15-23(22)24/h11,13-16,21H,7-10,12,17-19H2,1-6H3. The first-order valence-electron chi connectivity index (χ1n) is 12.0. The van der Waals surface area contributed by atoms with Crippen LogP contribution in [0.5, 0.6) is 0 Å². The number of pyridine rings is 1. The predicted octanol–water partition coefficient (Wildman–Crippen LogP) is 6.16. The maximum Gasteiger partial charge on any atom is 0.410 e. The van der Waals surface area contributed by atoms with E-state index in [-0.39, 0.29) is 17.8 Å². The number of hydrogen-bond acceptors (Lipinski definition) is 5. The lowest BCUT2D eigenvalue weighted by molar-refractivity contribution is 0.0220. The highest BCUT2D eigenvalue weighted by Gasteiger charge is 2.28. The highest BCUT2D eigenvalue weighted by molar-refractivity contribution is 7.91. The van der Waals surface area contributed by atoms with Gasteiger partial charge in [0.2, 0.25) is 0 Å². The minimum atomic E-state index is -3.57. The van der Waals surface area contributed by atoms with Crippen molar-refractivity contribution in [2.45, 2.75) is 84.1 Å². The molecular formula is C26H40N2O4S. The Morgan fingerprint density at radius 1 is 1.09 bits per heavy atom. The van der Waals surface area contributed by atoms with Crippen molar-refractivity contribution in [1.29, 1.82) is 0 Å². The second-order valence-corrected chi connectivity index (χ2v) is 11.8. The summed E-state index contributed by atoms with van der Waals surface area (Å²) in [6.07, 6.45) is 5.70. The Bertz CT molecular complexity index is 1030. The quantitative estimate of drug-likeness (QED) is 0.388. The summed E-state index contributed by atoms with van der Waals surface area (Å²) in [5.41, 5.74) is 0.212. The third-order valence-electron chi connectivity index (χ3n) is 5.63. The minimum absolute atomic E-state index is 0.00108. The van der Waals surface area contributed by atoms with Gasteiger partial charge in [0, 0.05) is 35.8 Å².